The van der Waals surface area contributed by atoms with Gasteiger partial charge in [0.15, 0.2) is 11.6 Å². The molecule has 0 bridgehead atoms. The molecule has 1 aromatic carbocycles. The lowest BCUT2D eigenvalue weighted by Crippen LogP contribution is -2.10. The van der Waals surface area contributed by atoms with Gasteiger partial charge in [0.05, 0.1) is 48.9 Å². The van der Waals surface area contributed by atoms with Crippen molar-refractivity contribution in [1.82, 2.24) is 24.7 Å². The molecule has 0 aliphatic carbocycles. The van der Waals surface area contributed by atoms with Crippen LogP contribution in [-0.4, -0.2) is 36.9 Å². The van der Waals surface area contributed by atoms with Crippen LogP contribution in [0.1, 0.15) is 35.5 Å². The molecule has 0 aliphatic heterocycles. The van der Waals surface area contributed by atoms with Crippen molar-refractivity contribution in [2.24, 2.45) is 0 Å². The Kier molecular flexibility index (Phi) is 6.13. The van der Waals surface area contributed by atoms with Crippen molar-refractivity contribution in [3.8, 4) is 22.8 Å². The molecule has 0 radical (unpaired) electrons. The fourth-order valence-corrected chi connectivity index (χ4v) is 3.44. The monoisotopic (exact) mass is 430 g/mol. The zero-order valence-corrected chi connectivity index (χ0v) is 18.6. The molecule has 4 aromatic rings. The van der Waals surface area contributed by atoms with E-state index < -0.39 is 0 Å². The van der Waals surface area contributed by atoms with Gasteiger partial charge in [0, 0.05) is 12.3 Å². The van der Waals surface area contributed by atoms with Crippen LogP contribution in [0.5, 0.6) is 5.75 Å². The summed E-state index contributed by atoms with van der Waals surface area (Å²) in [5.41, 5.74) is 5.68. The zero-order chi connectivity index (χ0) is 22.7. The summed E-state index contributed by atoms with van der Waals surface area (Å²) >= 11 is 0. The molecule has 32 heavy (non-hydrogen) atoms. The standard InChI is InChI=1S/C24H26N6O2/c1-15-5-7-18(8-6-15)17(3)26-24-23(32-4)11-20(28-29-24)19-9-10-22(21(13-31)27-19)30-12-16(2)25-14-30/h5-12,14,17,31H,13H2,1-4H3,(H,26,29)/t17-/m0/s1. The third-order valence-corrected chi connectivity index (χ3v) is 5.26. The van der Waals surface area contributed by atoms with Crippen LogP contribution in [-0.2, 0) is 6.61 Å². The molecule has 4 rings (SSSR count). The molecule has 0 unspecified atom stereocenters. The Bertz CT molecular complexity index is 1220. The highest BCUT2D eigenvalue weighted by molar-refractivity contribution is 5.62. The molecule has 0 amide bonds. The fraction of sp³-hybridized carbons (Fsp3) is 0.250. The molecule has 0 saturated carbocycles. The van der Waals surface area contributed by atoms with E-state index in [1.807, 2.05) is 29.8 Å². The summed E-state index contributed by atoms with van der Waals surface area (Å²) < 4.78 is 7.40. The number of anilines is 1. The summed E-state index contributed by atoms with van der Waals surface area (Å²) in [5, 5.41) is 21.9. The van der Waals surface area contributed by atoms with E-state index >= 15 is 0 Å². The Balaban J connectivity index is 1.61. The highest BCUT2D eigenvalue weighted by Crippen LogP contribution is 2.29. The average Bonchev–Trinajstić information content (AvgIpc) is 3.25. The minimum Gasteiger partial charge on any atom is -0.493 e. The Hall–Kier alpha value is -3.78. The van der Waals surface area contributed by atoms with Crippen molar-refractivity contribution in [1.29, 1.82) is 0 Å². The van der Waals surface area contributed by atoms with E-state index in [1.54, 1.807) is 19.5 Å². The number of imidazole rings is 1. The lowest BCUT2D eigenvalue weighted by atomic mass is 10.1. The molecule has 0 saturated heterocycles. The summed E-state index contributed by atoms with van der Waals surface area (Å²) in [6.45, 7) is 5.83. The van der Waals surface area contributed by atoms with Crippen LogP contribution in [0.2, 0.25) is 0 Å². The van der Waals surface area contributed by atoms with Crippen LogP contribution >= 0.6 is 0 Å². The van der Waals surface area contributed by atoms with Gasteiger partial charge in [-0.05, 0) is 38.5 Å². The molecule has 3 aromatic heterocycles. The first-order valence-electron chi connectivity index (χ1n) is 10.4. The van der Waals surface area contributed by atoms with Gasteiger partial charge in [-0.2, -0.15) is 0 Å². The maximum absolute atomic E-state index is 9.86. The summed E-state index contributed by atoms with van der Waals surface area (Å²) in [4.78, 5) is 8.83. The smallest absolute Gasteiger partial charge is 0.191 e. The second kappa shape index (κ2) is 9.15. The minimum absolute atomic E-state index is 0.0293. The van der Waals surface area contributed by atoms with Gasteiger partial charge in [-0.15, -0.1) is 10.2 Å². The third kappa shape index (κ3) is 4.45. The zero-order valence-electron chi connectivity index (χ0n) is 18.6. The van der Waals surface area contributed by atoms with Gasteiger partial charge in [-0.3, -0.25) is 0 Å². The molecule has 0 fully saturated rings. The van der Waals surface area contributed by atoms with E-state index in [1.165, 1.54) is 5.56 Å². The number of aromatic nitrogens is 5. The SMILES string of the molecule is COc1cc(-c2ccc(-n3cnc(C)c3)c(CO)n2)nnc1N[C@@H](C)c1ccc(C)cc1. The Morgan fingerprint density at radius 3 is 2.50 bits per heavy atom. The maximum atomic E-state index is 9.86. The van der Waals surface area contributed by atoms with Gasteiger partial charge in [0.25, 0.3) is 0 Å². The van der Waals surface area contributed by atoms with Crippen LogP contribution in [0.25, 0.3) is 17.1 Å². The van der Waals surface area contributed by atoms with Crippen molar-refractivity contribution in [2.45, 2.75) is 33.4 Å². The second-order valence-electron chi connectivity index (χ2n) is 7.67. The van der Waals surface area contributed by atoms with Crippen LogP contribution in [0.4, 0.5) is 5.82 Å². The second-order valence-corrected chi connectivity index (χ2v) is 7.67. The van der Waals surface area contributed by atoms with Crippen LogP contribution in [0, 0.1) is 13.8 Å². The van der Waals surface area contributed by atoms with E-state index in [9.17, 15) is 5.11 Å². The lowest BCUT2D eigenvalue weighted by Gasteiger charge is -2.17. The van der Waals surface area contributed by atoms with E-state index in [2.05, 4.69) is 63.6 Å². The largest absolute Gasteiger partial charge is 0.493 e. The van der Waals surface area contributed by atoms with Crippen LogP contribution < -0.4 is 10.1 Å². The first-order chi connectivity index (χ1) is 15.5. The predicted octanol–water partition coefficient (Wildman–Crippen LogP) is 4.02. The van der Waals surface area contributed by atoms with E-state index in [-0.39, 0.29) is 12.6 Å². The number of rotatable bonds is 7. The summed E-state index contributed by atoms with van der Waals surface area (Å²) in [6, 6.07) is 13.9. The molecule has 3 heterocycles. The number of hydrogen-bond acceptors (Lipinski definition) is 7. The number of benzene rings is 1. The molecule has 164 valence electrons. The number of pyridine rings is 1. The topological polar surface area (TPSA) is 98.0 Å². The van der Waals surface area contributed by atoms with E-state index in [0.29, 0.717) is 28.6 Å². The van der Waals surface area contributed by atoms with Crippen molar-refractivity contribution in [2.75, 3.05) is 12.4 Å². The number of nitrogens with zero attached hydrogens (tertiary/aromatic N) is 5. The van der Waals surface area contributed by atoms with Crippen molar-refractivity contribution < 1.29 is 9.84 Å². The number of aliphatic hydroxyl groups is 1. The highest BCUT2D eigenvalue weighted by atomic mass is 16.5. The number of nitrogens with one attached hydrogen (secondary N) is 1. The first-order valence-corrected chi connectivity index (χ1v) is 10.4. The van der Waals surface area contributed by atoms with Crippen molar-refractivity contribution in [3.63, 3.8) is 0 Å². The summed E-state index contributed by atoms with van der Waals surface area (Å²) in [7, 11) is 1.60. The van der Waals surface area contributed by atoms with Gasteiger partial charge in [0.2, 0.25) is 0 Å². The van der Waals surface area contributed by atoms with Gasteiger partial charge in [0.1, 0.15) is 5.69 Å². The highest BCUT2D eigenvalue weighted by Gasteiger charge is 2.15. The van der Waals surface area contributed by atoms with Crippen LogP contribution in [0.3, 0.4) is 0 Å². The van der Waals surface area contributed by atoms with Gasteiger partial charge >= 0.3 is 0 Å². The molecule has 0 aliphatic rings. The summed E-state index contributed by atoms with van der Waals surface area (Å²) in [6.07, 6.45) is 3.58. The Morgan fingerprint density at radius 2 is 1.84 bits per heavy atom. The van der Waals surface area contributed by atoms with Gasteiger partial charge < -0.3 is 19.7 Å². The quantitative estimate of drug-likeness (QED) is 0.457. The number of hydrogen-bond donors (Lipinski definition) is 2. The normalized spacial score (nSPS) is 11.9. The minimum atomic E-state index is -0.210. The molecule has 2 N–H and O–H groups in total. The number of aryl methyl sites for hydroxylation is 2. The molecule has 8 nitrogen and oxygen atoms in total. The molecular formula is C24H26N6O2. The Morgan fingerprint density at radius 1 is 1.06 bits per heavy atom. The van der Waals surface area contributed by atoms with E-state index in [0.717, 1.165) is 16.9 Å². The Labute approximate surface area is 187 Å². The fourth-order valence-electron chi connectivity index (χ4n) is 3.44. The maximum Gasteiger partial charge on any atom is 0.191 e. The summed E-state index contributed by atoms with van der Waals surface area (Å²) in [5.74, 6) is 1.12. The first kappa shape index (κ1) is 21.5. The lowest BCUT2D eigenvalue weighted by molar-refractivity contribution is 0.276. The van der Waals surface area contributed by atoms with Crippen molar-refractivity contribution >= 4 is 5.82 Å². The number of ether oxygens (including phenoxy) is 1. The van der Waals surface area contributed by atoms with Crippen molar-refractivity contribution in [3.05, 3.63) is 77.5 Å². The third-order valence-electron chi connectivity index (χ3n) is 5.26. The molecular weight excluding hydrogens is 404 g/mol. The predicted molar refractivity (Wildman–Crippen MR) is 123 cm³/mol. The van der Waals surface area contributed by atoms with Gasteiger partial charge in [-0.25, -0.2) is 9.97 Å². The van der Waals surface area contributed by atoms with Crippen LogP contribution in [0.15, 0.2) is 55.0 Å². The number of methoxy groups -OCH3 is 1. The van der Waals surface area contributed by atoms with E-state index in [4.69, 9.17) is 4.74 Å². The molecule has 8 heteroatoms. The van der Waals surface area contributed by atoms with Gasteiger partial charge in [-0.1, -0.05) is 29.8 Å². The average molecular weight is 431 g/mol. The molecule has 1 atom stereocenters. The number of aliphatic hydroxyl groups excluding tert-OH is 1. The molecule has 0 spiro atoms.